The number of aliphatic hydroxyl groups excluding tert-OH is 1. The van der Waals surface area contributed by atoms with Crippen molar-refractivity contribution in [1.29, 1.82) is 0 Å². The van der Waals surface area contributed by atoms with Crippen LogP contribution < -0.4 is 5.32 Å². The summed E-state index contributed by atoms with van der Waals surface area (Å²) in [5.74, 6) is -0.122. The highest BCUT2D eigenvalue weighted by atomic mass is 35.5. The lowest BCUT2D eigenvalue weighted by atomic mass is 10.0. The fraction of sp³-hybridized carbons (Fsp3) is 0.538. The zero-order valence-corrected chi connectivity index (χ0v) is 11.0. The molecule has 96 valence electrons. The topological polar surface area (TPSA) is 32.3 Å². The smallest absolute Gasteiger partial charge is 0.141 e. The largest absolute Gasteiger partial charge is 0.393 e. The minimum atomic E-state index is -0.398. The van der Waals surface area contributed by atoms with Crippen LogP contribution in [0.15, 0.2) is 18.2 Å². The third kappa shape index (κ3) is 5.02. The van der Waals surface area contributed by atoms with Crippen LogP contribution >= 0.6 is 11.6 Å². The molecule has 2 N–H and O–H groups in total. The molecule has 0 bridgehead atoms. The first kappa shape index (κ1) is 14.4. The monoisotopic (exact) mass is 259 g/mol. The van der Waals surface area contributed by atoms with Crippen LogP contribution in [0.5, 0.6) is 0 Å². The lowest BCUT2D eigenvalue weighted by Crippen LogP contribution is -2.23. The van der Waals surface area contributed by atoms with Gasteiger partial charge in [-0.05, 0) is 36.6 Å². The van der Waals surface area contributed by atoms with Crippen molar-refractivity contribution in [2.75, 3.05) is 6.54 Å². The Morgan fingerprint density at radius 3 is 2.71 bits per heavy atom. The summed E-state index contributed by atoms with van der Waals surface area (Å²) >= 11 is 5.68. The van der Waals surface area contributed by atoms with Crippen molar-refractivity contribution in [3.63, 3.8) is 0 Å². The van der Waals surface area contributed by atoms with Crippen LogP contribution in [0, 0.1) is 11.7 Å². The van der Waals surface area contributed by atoms with Gasteiger partial charge >= 0.3 is 0 Å². The fourth-order valence-electron chi connectivity index (χ4n) is 1.47. The van der Waals surface area contributed by atoms with Gasteiger partial charge in [-0.2, -0.15) is 0 Å². The maximum absolute atomic E-state index is 12.9. The van der Waals surface area contributed by atoms with E-state index >= 15 is 0 Å². The molecule has 0 spiro atoms. The number of hydrogen-bond donors (Lipinski definition) is 2. The Hall–Kier alpha value is -0.640. The Morgan fingerprint density at radius 2 is 2.12 bits per heavy atom. The van der Waals surface area contributed by atoms with Crippen LogP contribution in [0.4, 0.5) is 4.39 Å². The first-order valence-corrected chi connectivity index (χ1v) is 6.21. The van der Waals surface area contributed by atoms with Crippen molar-refractivity contribution >= 4 is 11.6 Å². The lowest BCUT2D eigenvalue weighted by Gasteiger charge is -2.14. The van der Waals surface area contributed by atoms with Crippen LogP contribution in [0.3, 0.4) is 0 Å². The Morgan fingerprint density at radius 1 is 1.41 bits per heavy atom. The first-order chi connectivity index (χ1) is 8.00. The minimum absolute atomic E-state index is 0.145. The van der Waals surface area contributed by atoms with Crippen LogP contribution in [-0.2, 0) is 6.54 Å². The maximum atomic E-state index is 12.9. The summed E-state index contributed by atoms with van der Waals surface area (Å²) in [4.78, 5) is 0. The van der Waals surface area contributed by atoms with Crippen molar-refractivity contribution in [2.24, 2.45) is 5.92 Å². The van der Waals surface area contributed by atoms with E-state index in [1.165, 1.54) is 6.07 Å². The molecule has 4 heteroatoms. The van der Waals surface area contributed by atoms with Crippen LogP contribution in [-0.4, -0.2) is 17.8 Å². The third-order valence-corrected chi connectivity index (χ3v) is 2.99. The highest BCUT2D eigenvalue weighted by Gasteiger charge is 2.08. The van der Waals surface area contributed by atoms with E-state index in [9.17, 15) is 9.50 Å². The highest BCUT2D eigenvalue weighted by molar-refractivity contribution is 6.30. The molecule has 1 aromatic rings. The molecule has 1 unspecified atom stereocenters. The highest BCUT2D eigenvalue weighted by Crippen LogP contribution is 2.15. The number of hydrogen-bond acceptors (Lipinski definition) is 2. The van der Waals surface area contributed by atoms with E-state index in [0.29, 0.717) is 13.0 Å². The molecule has 0 aliphatic heterocycles. The van der Waals surface area contributed by atoms with Gasteiger partial charge in [0, 0.05) is 6.54 Å². The number of rotatable bonds is 6. The Balaban J connectivity index is 2.29. The van der Waals surface area contributed by atoms with Gasteiger partial charge in [0.15, 0.2) is 0 Å². The first-order valence-electron chi connectivity index (χ1n) is 5.83. The molecule has 0 radical (unpaired) electrons. The lowest BCUT2D eigenvalue weighted by molar-refractivity contribution is 0.116. The minimum Gasteiger partial charge on any atom is -0.393 e. The van der Waals surface area contributed by atoms with Gasteiger partial charge in [-0.1, -0.05) is 31.5 Å². The second-order valence-corrected chi connectivity index (χ2v) is 4.93. The van der Waals surface area contributed by atoms with E-state index in [-0.39, 0.29) is 17.0 Å². The Labute approximate surface area is 107 Å². The van der Waals surface area contributed by atoms with Gasteiger partial charge in [0.05, 0.1) is 11.1 Å². The van der Waals surface area contributed by atoms with E-state index in [1.54, 1.807) is 12.1 Å². The number of benzene rings is 1. The van der Waals surface area contributed by atoms with Gasteiger partial charge in [0.2, 0.25) is 0 Å². The Bertz CT molecular complexity index is 357. The van der Waals surface area contributed by atoms with Gasteiger partial charge in [0.1, 0.15) is 5.82 Å². The number of nitrogens with one attached hydrogen (secondary N) is 1. The summed E-state index contributed by atoms with van der Waals surface area (Å²) in [6.45, 7) is 5.34. The molecule has 0 saturated carbocycles. The molecule has 0 fully saturated rings. The van der Waals surface area contributed by atoms with E-state index in [2.05, 4.69) is 5.32 Å². The molecule has 0 aliphatic rings. The third-order valence-electron chi connectivity index (χ3n) is 2.70. The molecule has 0 aromatic heterocycles. The van der Waals surface area contributed by atoms with E-state index < -0.39 is 5.82 Å². The maximum Gasteiger partial charge on any atom is 0.141 e. The average Bonchev–Trinajstić information content (AvgIpc) is 2.28. The average molecular weight is 260 g/mol. The molecule has 0 saturated heterocycles. The summed E-state index contributed by atoms with van der Waals surface area (Å²) in [5, 5.41) is 12.9. The zero-order valence-electron chi connectivity index (χ0n) is 10.2. The molecular formula is C13H19ClFNO. The van der Waals surface area contributed by atoms with Crippen molar-refractivity contribution in [3.05, 3.63) is 34.6 Å². The van der Waals surface area contributed by atoms with Crippen LogP contribution in [0.1, 0.15) is 25.8 Å². The van der Waals surface area contributed by atoms with Gasteiger partial charge in [-0.3, -0.25) is 0 Å². The SMILES string of the molecule is CC(C)C(O)CCNCc1ccc(F)c(Cl)c1. The molecule has 1 rings (SSSR count). The van der Waals surface area contributed by atoms with Crippen molar-refractivity contribution in [3.8, 4) is 0 Å². The van der Waals surface area contributed by atoms with E-state index in [4.69, 9.17) is 11.6 Å². The number of halogens is 2. The second-order valence-electron chi connectivity index (χ2n) is 4.53. The van der Waals surface area contributed by atoms with Crippen LogP contribution in [0.25, 0.3) is 0 Å². The molecule has 2 nitrogen and oxygen atoms in total. The summed E-state index contributed by atoms with van der Waals surface area (Å²) in [6.07, 6.45) is 0.436. The molecule has 17 heavy (non-hydrogen) atoms. The van der Waals surface area contributed by atoms with Crippen molar-refractivity contribution in [2.45, 2.75) is 32.9 Å². The fourth-order valence-corrected chi connectivity index (χ4v) is 1.67. The van der Waals surface area contributed by atoms with Crippen molar-refractivity contribution < 1.29 is 9.50 Å². The van der Waals surface area contributed by atoms with E-state index in [1.807, 2.05) is 13.8 Å². The molecule has 1 atom stereocenters. The molecule has 0 aliphatic carbocycles. The van der Waals surface area contributed by atoms with Crippen molar-refractivity contribution in [1.82, 2.24) is 5.32 Å². The molecule has 0 heterocycles. The second kappa shape index (κ2) is 6.94. The summed E-state index contributed by atoms with van der Waals surface area (Å²) < 4.78 is 12.9. The molecular weight excluding hydrogens is 241 g/mol. The number of aliphatic hydroxyl groups is 1. The van der Waals surface area contributed by atoms with Crippen LogP contribution in [0.2, 0.25) is 5.02 Å². The predicted molar refractivity (Wildman–Crippen MR) is 68.6 cm³/mol. The van der Waals surface area contributed by atoms with Gasteiger partial charge < -0.3 is 10.4 Å². The quantitative estimate of drug-likeness (QED) is 0.770. The van der Waals surface area contributed by atoms with Gasteiger partial charge in [-0.25, -0.2) is 4.39 Å². The standard InChI is InChI=1S/C13H19ClFNO/c1-9(2)13(17)5-6-16-8-10-3-4-12(15)11(14)7-10/h3-4,7,9,13,16-17H,5-6,8H2,1-2H3. The zero-order chi connectivity index (χ0) is 12.8. The van der Waals surface area contributed by atoms with Gasteiger partial charge in [0.25, 0.3) is 0 Å². The van der Waals surface area contributed by atoms with Gasteiger partial charge in [-0.15, -0.1) is 0 Å². The Kier molecular flexibility index (Phi) is 5.89. The predicted octanol–water partition coefficient (Wildman–Crippen LogP) is 2.98. The molecule has 0 amide bonds. The summed E-state index contributed by atoms with van der Waals surface area (Å²) in [7, 11) is 0. The molecule has 1 aromatic carbocycles. The van der Waals surface area contributed by atoms with E-state index in [0.717, 1.165) is 12.1 Å². The summed E-state index contributed by atoms with van der Waals surface area (Å²) in [6, 6.07) is 4.68. The summed E-state index contributed by atoms with van der Waals surface area (Å²) in [5.41, 5.74) is 0.940. The normalized spacial score (nSPS) is 13.1.